The molecule has 0 aliphatic carbocycles. The van der Waals surface area contributed by atoms with Crippen LogP contribution in [0.2, 0.25) is 0 Å². The van der Waals surface area contributed by atoms with Crippen LogP contribution < -0.4 is 10.6 Å². The van der Waals surface area contributed by atoms with E-state index in [9.17, 15) is 0 Å². The minimum atomic E-state index is 0.587. The molecule has 0 saturated carbocycles. The van der Waals surface area contributed by atoms with Gasteiger partial charge in [0.2, 0.25) is 0 Å². The van der Waals surface area contributed by atoms with E-state index in [-0.39, 0.29) is 0 Å². The first-order valence-electron chi connectivity index (χ1n) is 9.06. The third-order valence-corrected chi connectivity index (χ3v) is 4.99. The van der Waals surface area contributed by atoms with Gasteiger partial charge in [-0.05, 0) is 54.9 Å². The van der Waals surface area contributed by atoms with Crippen molar-refractivity contribution in [3.8, 4) is 0 Å². The van der Waals surface area contributed by atoms with Crippen LogP contribution in [0, 0.1) is 13.8 Å². The van der Waals surface area contributed by atoms with Crippen molar-refractivity contribution < 1.29 is 0 Å². The first-order valence-corrected chi connectivity index (χ1v) is 9.87. The molecule has 24 heavy (non-hydrogen) atoms. The first kappa shape index (κ1) is 20.9. The van der Waals surface area contributed by atoms with Crippen molar-refractivity contribution in [1.82, 2.24) is 20.5 Å². The van der Waals surface area contributed by atoms with Crippen molar-refractivity contribution in [2.24, 2.45) is 4.99 Å². The quantitative estimate of drug-likeness (QED) is 0.406. The fourth-order valence-electron chi connectivity index (χ4n) is 2.79. The third-order valence-electron chi connectivity index (χ3n) is 3.94. The molecular formula is C18H35N5S. The summed E-state index contributed by atoms with van der Waals surface area (Å²) in [4.78, 5) is 12.9. The SMILES string of the molecule is CCNC(=NCc1sc(C)nc1C)NCCCN(C(C)C)C(C)C. The molecule has 0 aliphatic rings. The van der Waals surface area contributed by atoms with Gasteiger partial charge in [0.15, 0.2) is 5.96 Å². The molecule has 0 aliphatic heterocycles. The summed E-state index contributed by atoms with van der Waals surface area (Å²) in [5.74, 6) is 0.892. The second-order valence-electron chi connectivity index (χ2n) is 6.64. The van der Waals surface area contributed by atoms with Crippen molar-refractivity contribution in [3.05, 3.63) is 15.6 Å². The molecule has 1 rings (SSSR count). The van der Waals surface area contributed by atoms with Crippen LogP contribution in [-0.4, -0.2) is 47.6 Å². The van der Waals surface area contributed by atoms with Gasteiger partial charge >= 0.3 is 0 Å². The molecule has 0 spiro atoms. The molecule has 0 aromatic carbocycles. The van der Waals surface area contributed by atoms with Gasteiger partial charge in [-0.1, -0.05) is 0 Å². The summed E-state index contributed by atoms with van der Waals surface area (Å²) in [6.45, 7) is 18.8. The number of guanidine groups is 1. The topological polar surface area (TPSA) is 52.6 Å². The predicted octanol–water partition coefficient (Wildman–Crippen LogP) is 3.32. The Morgan fingerprint density at radius 2 is 1.83 bits per heavy atom. The molecule has 0 unspecified atom stereocenters. The molecule has 5 nitrogen and oxygen atoms in total. The summed E-state index contributed by atoms with van der Waals surface area (Å²) in [6.07, 6.45) is 1.11. The van der Waals surface area contributed by atoms with E-state index in [1.807, 2.05) is 6.92 Å². The van der Waals surface area contributed by atoms with E-state index in [2.05, 4.69) is 62.1 Å². The molecule has 0 amide bonds. The van der Waals surface area contributed by atoms with E-state index in [1.165, 1.54) is 4.88 Å². The van der Waals surface area contributed by atoms with E-state index in [4.69, 9.17) is 4.99 Å². The summed E-state index contributed by atoms with van der Waals surface area (Å²) in [5, 5.41) is 7.88. The number of rotatable bonds is 9. The summed E-state index contributed by atoms with van der Waals surface area (Å²) < 4.78 is 0. The van der Waals surface area contributed by atoms with Crippen LogP contribution >= 0.6 is 11.3 Å². The Morgan fingerprint density at radius 3 is 2.33 bits per heavy atom. The van der Waals surface area contributed by atoms with Crippen molar-refractivity contribution >= 4 is 17.3 Å². The first-order chi connectivity index (χ1) is 11.3. The average molecular weight is 354 g/mol. The lowest BCUT2D eigenvalue weighted by Crippen LogP contribution is -2.41. The lowest BCUT2D eigenvalue weighted by atomic mass is 10.2. The van der Waals surface area contributed by atoms with E-state index in [0.717, 1.165) is 42.7 Å². The smallest absolute Gasteiger partial charge is 0.191 e. The highest BCUT2D eigenvalue weighted by molar-refractivity contribution is 7.11. The van der Waals surface area contributed by atoms with Crippen LogP contribution in [-0.2, 0) is 6.54 Å². The number of aryl methyl sites for hydroxylation is 2. The normalized spacial score (nSPS) is 12.5. The van der Waals surface area contributed by atoms with Crippen LogP contribution in [0.15, 0.2) is 4.99 Å². The number of aliphatic imine (C=N–C) groups is 1. The Hall–Kier alpha value is -1.14. The molecule has 1 heterocycles. The number of nitrogens with zero attached hydrogens (tertiary/aromatic N) is 3. The molecule has 0 saturated heterocycles. The van der Waals surface area contributed by atoms with Crippen molar-refractivity contribution in [1.29, 1.82) is 0 Å². The summed E-state index contributed by atoms with van der Waals surface area (Å²) in [6, 6.07) is 1.17. The van der Waals surface area contributed by atoms with Gasteiger partial charge in [-0.25, -0.2) is 9.98 Å². The average Bonchev–Trinajstić information content (AvgIpc) is 2.81. The predicted molar refractivity (Wildman–Crippen MR) is 106 cm³/mol. The number of thiazole rings is 1. The highest BCUT2D eigenvalue weighted by Gasteiger charge is 2.12. The van der Waals surface area contributed by atoms with E-state index < -0.39 is 0 Å². The molecule has 0 fully saturated rings. The van der Waals surface area contributed by atoms with Crippen LogP contribution in [0.3, 0.4) is 0 Å². The molecule has 0 atom stereocenters. The molecule has 0 radical (unpaired) electrons. The van der Waals surface area contributed by atoms with Crippen LogP contribution in [0.25, 0.3) is 0 Å². The summed E-state index contributed by atoms with van der Waals surface area (Å²) >= 11 is 1.73. The zero-order valence-corrected chi connectivity index (χ0v) is 17.3. The number of aromatic nitrogens is 1. The monoisotopic (exact) mass is 353 g/mol. The summed E-state index contributed by atoms with van der Waals surface area (Å²) in [5.41, 5.74) is 1.10. The number of hydrogen-bond donors (Lipinski definition) is 2. The van der Waals surface area contributed by atoms with Gasteiger partial charge in [-0.2, -0.15) is 0 Å². The van der Waals surface area contributed by atoms with Crippen LogP contribution in [0.1, 0.15) is 56.6 Å². The standard InChI is InChI=1S/C18H35N5S/c1-8-19-18(21-12-17-15(6)22-16(7)24-17)20-10-9-11-23(13(2)3)14(4)5/h13-14H,8-12H2,1-7H3,(H2,19,20,21). The zero-order valence-electron chi connectivity index (χ0n) is 16.4. The number of hydrogen-bond acceptors (Lipinski definition) is 4. The maximum absolute atomic E-state index is 4.70. The molecule has 2 N–H and O–H groups in total. The van der Waals surface area contributed by atoms with E-state index >= 15 is 0 Å². The van der Waals surface area contributed by atoms with E-state index in [0.29, 0.717) is 18.6 Å². The molecule has 0 bridgehead atoms. The van der Waals surface area contributed by atoms with Crippen molar-refractivity contribution in [2.75, 3.05) is 19.6 Å². The maximum Gasteiger partial charge on any atom is 0.191 e. The van der Waals surface area contributed by atoms with Gasteiger partial charge in [0.05, 0.1) is 17.2 Å². The van der Waals surface area contributed by atoms with Crippen LogP contribution in [0.4, 0.5) is 0 Å². The Morgan fingerprint density at radius 1 is 1.17 bits per heavy atom. The lowest BCUT2D eigenvalue weighted by molar-refractivity contribution is 0.173. The van der Waals surface area contributed by atoms with Gasteiger partial charge < -0.3 is 10.6 Å². The van der Waals surface area contributed by atoms with Gasteiger partial charge in [-0.3, -0.25) is 4.90 Å². The maximum atomic E-state index is 4.70. The van der Waals surface area contributed by atoms with Gasteiger partial charge in [0.1, 0.15) is 0 Å². The third kappa shape index (κ3) is 7.18. The molecule has 1 aromatic heterocycles. The Kier molecular flexibility index (Phi) is 9.29. The van der Waals surface area contributed by atoms with Gasteiger partial charge in [0.25, 0.3) is 0 Å². The minimum absolute atomic E-state index is 0.587. The largest absolute Gasteiger partial charge is 0.357 e. The van der Waals surface area contributed by atoms with Crippen LogP contribution in [0.5, 0.6) is 0 Å². The summed E-state index contributed by atoms with van der Waals surface area (Å²) in [7, 11) is 0. The number of nitrogens with one attached hydrogen (secondary N) is 2. The Bertz CT molecular complexity index is 500. The minimum Gasteiger partial charge on any atom is -0.357 e. The fraction of sp³-hybridized carbons (Fsp3) is 0.778. The van der Waals surface area contributed by atoms with Gasteiger partial charge in [0, 0.05) is 36.6 Å². The Labute approximate surface area is 152 Å². The Balaban J connectivity index is 2.48. The molecule has 138 valence electrons. The molecule has 1 aromatic rings. The van der Waals surface area contributed by atoms with Crippen molar-refractivity contribution in [3.63, 3.8) is 0 Å². The second kappa shape index (κ2) is 10.7. The van der Waals surface area contributed by atoms with Crippen molar-refractivity contribution in [2.45, 2.75) is 73.5 Å². The molecular weight excluding hydrogens is 318 g/mol. The lowest BCUT2D eigenvalue weighted by Gasteiger charge is -2.30. The second-order valence-corrected chi connectivity index (χ2v) is 7.93. The highest BCUT2D eigenvalue weighted by atomic mass is 32.1. The molecule has 6 heteroatoms. The highest BCUT2D eigenvalue weighted by Crippen LogP contribution is 2.17. The zero-order chi connectivity index (χ0) is 18.1. The van der Waals surface area contributed by atoms with E-state index in [1.54, 1.807) is 11.3 Å². The fourth-order valence-corrected chi connectivity index (χ4v) is 3.66. The van der Waals surface area contributed by atoms with Gasteiger partial charge in [-0.15, -0.1) is 11.3 Å².